The number of esters is 1. The molecule has 1 aliphatic carbocycles. The van der Waals surface area contributed by atoms with Crippen molar-refractivity contribution in [3.05, 3.63) is 12.2 Å². The standard InChI is InChI=1S/C17H30O2/c1-14(2)13-15(3)19-17(18)12-11-16-9-7-5-4-6-8-10-16/h11-12,14-16H,4-10,13H2,1-3H3. The highest BCUT2D eigenvalue weighted by Crippen LogP contribution is 2.23. The van der Waals surface area contributed by atoms with E-state index in [9.17, 15) is 4.79 Å². The van der Waals surface area contributed by atoms with Crippen LogP contribution in [0.15, 0.2) is 12.2 Å². The van der Waals surface area contributed by atoms with Crippen LogP contribution in [0.25, 0.3) is 0 Å². The van der Waals surface area contributed by atoms with Gasteiger partial charge in [-0.1, -0.05) is 52.0 Å². The number of hydrogen-bond donors (Lipinski definition) is 0. The first-order valence-electron chi connectivity index (χ1n) is 7.96. The third-order valence-corrected chi connectivity index (χ3v) is 3.77. The quantitative estimate of drug-likeness (QED) is 0.523. The molecule has 19 heavy (non-hydrogen) atoms. The lowest BCUT2D eigenvalue weighted by Gasteiger charge is -2.16. The molecule has 1 rings (SSSR count). The van der Waals surface area contributed by atoms with Gasteiger partial charge >= 0.3 is 5.97 Å². The monoisotopic (exact) mass is 266 g/mol. The van der Waals surface area contributed by atoms with Crippen LogP contribution in [0, 0.1) is 11.8 Å². The number of allylic oxidation sites excluding steroid dienone is 1. The molecule has 0 aromatic carbocycles. The highest BCUT2D eigenvalue weighted by atomic mass is 16.5. The molecule has 1 saturated carbocycles. The van der Waals surface area contributed by atoms with Gasteiger partial charge in [0.1, 0.15) is 0 Å². The van der Waals surface area contributed by atoms with Gasteiger partial charge in [0, 0.05) is 6.08 Å². The zero-order valence-electron chi connectivity index (χ0n) is 12.9. The number of carbonyl (C=O) groups excluding carboxylic acids is 1. The van der Waals surface area contributed by atoms with E-state index in [-0.39, 0.29) is 12.1 Å². The number of ether oxygens (including phenoxy) is 1. The fourth-order valence-electron chi connectivity index (χ4n) is 2.84. The Balaban J connectivity index is 2.30. The first kappa shape index (κ1) is 16.3. The Kier molecular flexibility index (Phi) is 7.85. The molecule has 0 spiro atoms. The smallest absolute Gasteiger partial charge is 0.330 e. The van der Waals surface area contributed by atoms with Gasteiger partial charge in [0.25, 0.3) is 0 Å². The molecule has 1 atom stereocenters. The average Bonchev–Trinajstić information content (AvgIpc) is 2.25. The van der Waals surface area contributed by atoms with Gasteiger partial charge in [0.2, 0.25) is 0 Å². The van der Waals surface area contributed by atoms with E-state index >= 15 is 0 Å². The maximum atomic E-state index is 11.7. The molecule has 110 valence electrons. The van der Waals surface area contributed by atoms with Crippen LogP contribution in [-0.4, -0.2) is 12.1 Å². The van der Waals surface area contributed by atoms with Crippen LogP contribution in [0.4, 0.5) is 0 Å². The van der Waals surface area contributed by atoms with Crippen molar-refractivity contribution in [3.63, 3.8) is 0 Å². The van der Waals surface area contributed by atoms with Crippen LogP contribution in [-0.2, 0) is 9.53 Å². The summed E-state index contributed by atoms with van der Waals surface area (Å²) in [6, 6.07) is 0. The molecule has 0 N–H and O–H groups in total. The molecule has 0 saturated heterocycles. The van der Waals surface area contributed by atoms with Crippen molar-refractivity contribution in [2.75, 3.05) is 0 Å². The van der Waals surface area contributed by atoms with Gasteiger partial charge in [-0.05, 0) is 38.0 Å². The third kappa shape index (κ3) is 8.07. The molecule has 2 heteroatoms. The van der Waals surface area contributed by atoms with Gasteiger partial charge in [0.05, 0.1) is 6.10 Å². The van der Waals surface area contributed by atoms with Gasteiger partial charge in [0.15, 0.2) is 0 Å². The molecule has 0 bridgehead atoms. The first-order chi connectivity index (χ1) is 9.08. The topological polar surface area (TPSA) is 26.3 Å². The second kappa shape index (κ2) is 9.17. The minimum absolute atomic E-state index is 0.0227. The van der Waals surface area contributed by atoms with E-state index in [0.29, 0.717) is 11.8 Å². The van der Waals surface area contributed by atoms with Gasteiger partial charge in [-0.3, -0.25) is 0 Å². The van der Waals surface area contributed by atoms with Crippen molar-refractivity contribution >= 4 is 5.97 Å². The highest BCUT2D eigenvalue weighted by molar-refractivity contribution is 5.82. The Morgan fingerprint density at radius 3 is 2.26 bits per heavy atom. The average molecular weight is 266 g/mol. The van der Waals surface area contributed by atoms with Crippen molar-refractivity contribution < 1.29 is 9.53 Å². The van der Waals surface area contributed by atoms with Crippen LogP contribution in [0.5, 0.6) is 0 Å². The maximum absolute atomic E-state index is 11.7. The zero-order valence-corrected chi connectivity index (χ0v) is 12.9. The summed E-state index contributed by atoms with van der Waals surface area (Å²) in [5.74, 6) is 0.973. The van der Waals surface area contributed by atoms with Gasteiger partial charge in [-0.25, -0.2) is 4.79 Å². The summed E-state index contributed by atoms with van der Waals surface area (Å²) in [4.78, 5) is 11.7. The normalized spacial score (nSPS) is 20.2. The molecule has 0 aliphatic heterocycles. The molecule has 1 aliphatic rings. The van der Waals surface area contributed by atoms with Crippen molar-refractivity contribution in [1.29, 1.82) is 0 Å². The van der Waals surface area contributed by atoms with Crippen LogP contribution >= 0.6 is 0 Å². The summed E-state index contributed by atoms with van der Waals surface area (Å²) in [6.07, 6.45) is 13.8. The van der Waals surface area contributed by atoms with Gasteiger partial charge < -0.3 is 4.74 Å². The van der Waals surface area contributed by atoms with Crippen molar-refractivity contribution in [2.24, 2.45) is 11.8 Å². The Bertz CT molecular complexity index is 273. The van der Waals surface area contributed by atoms with Crippen molar-refractivity contribution in [2.45, 2.75) is 78.2 Å². The van der Waals surface area contributed by atoms with Crippen LogP contribution in [0.3, 0.4) is 0 Å². The van der Waals surface area contributed by atoms with E-state index < -0.39 is 0 Å². The lowest BCUT2D eigenvalue weighted by molar-refractivity contribution is -0.142. The second-order valence-electron chi connectivity index (χ2n) is 6.34. The molecule has 0 amide bonds. The van der Waals surface area contributed by atoms with E-state index in [0.717, 1.165) is 6.42 Å². The van der Waals surface area contributed by atoms with E-state index in [2.05, 4.69) is 19.9 Å². The fraction of sp³-hybridized carbons (Fsp3) is 0.824. The molecular formula is C17H30O2. The van der Waals surface area contributed by atoms with Crippen LogP contribution in [0.1, 0.15) is 72.1 Å². The summed E-state index contributed by atoms with van der Waals surface area (Å²) < 4.78 is 5.38. The molecular weight excluding hydrogens is 236 g/mol. The van der Waals surface area contributed by atoms with Crippen molar-refractivity contribution in [3.8, 4) is 0 Å². The summed E-state index contributed by atoms with van der Waals surface area (Å²) in [5.41, 5.74) is 0. The van der Waals surface area contributed by atoms with E-state index in [4.69, 9.17) is 4.74 Å². The number of carbonyl (C=O) groups is 1. The zero-order chi connectivity index (χ0) is 14.1. The minimum atomic E-state index is -0.171. The summed E-state index contributed by atoms with van der Waals surface area (Å²) in [6.45, 7) is 6.27. The predicted octanol–water partition coefficient (Wildman–Crippen LogP) is 4.88. The molecule has 0 aromatic rings. The van der Waals surface area contributed by atoms with E-state index in [1.807, 2.05) is 6.92 Å². The Hall–Kier alpha value is -0.790. The second-order valence-corrected chi connectivity index (χ2v) is 6.34. The Labute approximate surface area is 118 Å². The Morgan fingerprint density at radius 1 is 1.11 bits per heavy atom. The van der Waals surface area contributed by atoms with E-state index in [1.165, 1.54) is 44.9 Å². The molecule has 0 heterocycles. The van der Waals surface area contributed by atoms with Gasteiger partial charge in [-0.2, -0.15) is 0 Å². The first-order valence-corrected chi connectivity index (χ1v) is 7.96. The SMILES string of the molecule is CC(C)CC(C)OC(=O)C=CC1CCCCCCC1. The largest absolute Gasteiger partial charge is 0.460 e. The van der Waals surface area contributed by atoms with Crippen LogP contribution < -0.4 is 0 Å². The lowest BCUT2D eigenvalue weighted by Crippen LogP contribution is -2.15. The summed E-state index contributed by atoms with van der Waals surface area (Å²) in [7, 11) is 0. The maximum Gasteiger partial charge on any atom is 0.330 e. The molecule has 1 unspecified atom stereocenters. The molecule has 2 nitrogen and oxygen atoms in total. The highest BCUT2D eigenvalue weighted by Gasteiger charge is 2.11. The van der Waals surface area contributed by atoms with Crippen molar-refractivity contribution in [1.82, 2.24) is 0 Å². The van der Waals surface area contributed by atoms with Crippen LogP contribution in [0.2, 0.25) is 0 Å². The minimum Gasteiger partial charge on any atom is -0.460 e. The molecule has 0 aromatic heterocycles. The van der Waals surface area contributed by atoms with Gasteiger partial charge in [-0.15, -0.1) is 0 Å². The predicted molar refractivity (Wildman–Crippen MR) is 80.0 cm³/mol. The lowest BCUT2D eigenvalue weighted by atomic mass is 9.91. The molecule has 0 radical (unpaired) electrons. The summed E-state index contributed by atoms with van der Waals surface area (Å²) in [5, 5.41) is 0. The Morgan fingerprint density at radius 2 is 1.68 bits per heavy atom. The third-order valence-electron chi connectivity index (χ3n) is 3.77. The fourth-order valence-corrected chi connectivity index (χ4v) is 2.84. The van der Waals surface area contributed by atoms with E-state index in [1.54, 1.807) is 6.08 Å². The number of rotatable bonds is 5. The molecule has 1 fully saturated rings. The summed E-state index contributed by atoms with van der Waals surface area (Å²) >= 11 is 0. The number of hydrogen-bond acceptors (Lipinski definition) is 2.